The lowest BCUT2D eigenvalue weighted by Gasteiger charge is -2.35. The first-order chi connectivity index (χ1) is 12.6. The molecule has 0 saturated carbocycles. The van der Waals surface area contributed by atoms with Gasteiger partial charge in [0.1, 0.15) is 6.04 Å². The molecule has 138 valence electrons. The van der Waals surface area contributed by atoms with Gasteiger partial charge in [-0.1, -0.05) is 30.3 Å². The van der Waals surface area contributed by atoms with Gasteiger partial charge in [0.2, 0.25) is 5.91 Å². The molecule has 2 aromatic rings. The molecule has 2 N–H and O–H groups in total. The molecule has 7 nitrogen and oxygen atoms in total. The number of hydrogen-bond acceptors (Lipinski definition) is 5. The minimum Gasteiger partial charge on any atom is -0.350 e. The molecule has 1 aliphatic rings. The van der Waals surface area contributed by atoms with Gasteiger partial charge in [-0.25, -0.2) is 4.98 Å². The molecule has 0 unspecified atom stereocenters. The van der Waals surface area contributed by atoms with Crippen LogP contribution in [-0.2, 0) is 4.79 Å². The summed E-state index contributed by atoms with van der Waals surface area (Å²) in [5, 5.41) is 3.50. The lowest BCUT2D eigenvalue weighted by atomic mass is 10.0. The minimum atomic E-state index is -0.404. The Labute approximate surface area is 153 Å². The highest BCUT2D eigenvalue weighted by Gasteiger charge is 2.29. The zero-order valence-electron chi connectivity index (χ0n) is 15.2. The van der Waals surface area contributed by atoms with Gasteiger partial charge in [0.05, 0.1) is 0 Å². The highest BCUT2D eigenvalue weighted by atomic mass is 16.2. The summed E-state index contributed by atoms with van der Waals surface area (Å²) in [5.74, 6) is 0.457. The molecule has 1 aromatic carbocycles. The Hall–Kier alpha value is -2.67. The Morgan fingerprint density at radius 3 is 2.81 bits per heavy atom. The van der Waals surface area contributed by atoms with E-state index in [4.69, 9.17) is 0 Å². The highest BCUT2D eigenvalue weighted by molar-refractivity contribution is 5.82. The van der Waals surface area contributed by atoms with Crippen LogP contribution in [0.15, 0.2) is 47.5 Å². The first kappa shape index (κ1) is 18.1. The number of hydrogen-bond donors (Lipinski definition) is 2. The second-order valence-corrected chi connectivity index (χ2v) is 6.77. The topological polar surface area (TPSA) is 81.3 Å². The van der Waals surface area contributed by atoms with Crippen molar-refractivity contribution in [2.75, 3.05) is 32.1 Å². The number of benzene rings is 1. The molecular weight excluding hydrogens is 330 g/mol. The Morgan fingerprint density at radius 1 is 1.35 bits per heavy atom. The van der Waals surface area contributed by atoms with Crippen molar-refractivity contribution in [1.29, 1.82) is 0 Å². The summed E-state index contributed by atoms with van der Waals surface area (Å²) in [5.41, 5.74) is 0.760. The number of likely N-dealkylation sites (N-methyl/N-ethyl adjacent to an activating group) is 1. The van der Waals surface area contributed by atoms with Crippen LogP contribution in [0.2, 0.25) is 0 Å². The fraction of sp³-hybridized carbons (Fsp3) is 0.421. The van der Waals surface area contributed by atoms with Gasteiger partial charge in [0, 0.05) is 45.6 Å². The van der Waals surface area contributed by atoms with Crippen molar-refractivity contribution in [3.8, 4) is 0 Å². The lowest BCUT2D eigenvalue weighted by molar-refractivity contribution is -0.131. The van der Waals surface area contributed by atoms with Gasteiger partial charge in [0.25, 0.3) is 5.56 Å². The van der Waals surface area contributed by atoms with E-state index in [1.165, 1.54) is 6.20 Å². The third-order valence-electron chi connectivity index (χ3n) is 4.63. The Kier molecular flexibility index (Phi) is 5.68. The average molecular weight is 355 g/mol. The van der Waals surface area contributed by atoms with Crippen LogP contribution < -0.4 is 15.8 Å². The number of aromatic amines is 1. The molecule has 0 aliphatic carbocycles. The number of rotatable bonds is 5. The van der Waals surface area contributed by atoms with E-state index in [9.17, 15) is 9.59 Å². The lowest BCUT2D eigenvalue weighted by Crippen LogP contribution is -2.50. The van der Waals surface area contributed by atoms with Gasteiger partial charge >= 0.3 is 0 Å². The monoisotopic (exact) mass is 355 g/mol. The molecule has 0 spiro atoms. The van der Waals surface area contributed by atoms with E-state index in [1.54, 1.807) is 25.2 Å². The summed E-state index contributed by atoms with van der Waals surface area (Å²) in [6.07, 6.45) is 5.01. The molecule has 0 radical (unpaired) electrons. The van der Waals surface area contributed by atoms with Crippen molar-refractivity contribution in [1.82, 2.24) is 20.2 Å². The second-order valence-electron chi connectivity index (χ2n) is 6.77. The van der Waals surface area contributed by atoms with Crippen molar-refractivity contribution in [2.45, 2.75) is 24.9 Å². The van der Waals surface area contributed by atoms with Gasteiger partial charge in [-0.15, -0.1) is 0 Å². The first-order valence-corrected chi connectivity index (χ1v) is 8.87. The smallest absolute Gasteiger partial charge is 0.290 e. The van der Waals surface area contributed by atoms with Crippen LogP contribution >= 0.6 is 0 Å². The van der Waals surface area contributed by atoms with E-state index < -0.39 is 6.04 Å². The molecule has 1 amide bonds. The summed E-state index contributed by atoms with van der Waals surface area (Å²) in [6, 6.07) is 9.43. The third kappa shape index (κ3) is 4.11. The largest absolute Gasteiger partial charge is 0.350 e. The zero-order valence-corrected chi connectivity index (χ0v) is 15.2. The number of aromatic nitrogens is 2. The molecule has 2 heterocycles. The number of nitrogens with one attached hydrogen (secondary N) is 2. The van der Waals surface area contributed by atoms with Crippen LogP contribution in [0.3, 0.4) is 0 Å². The van der Waals surface area contributed by atoms with Crippen LogP contribution in [-0.4, -0.2) is 54.0 Å². The first-order valence-electron chi connectivity index (χ1n) is 8.87. The molecule has 2 atom stereocenters. The quantitative estimate of drug-likeness (QED) is 0.841. The summed E-state index contributed by atoms with van der Waals surface area (Å²) >= 11 is 0. The zero-order chi connectivity index (χ0) is 18.5. The van der Waals surface area contributed by atoms with Crippen molar-refractivity contribution >= 4 is 11.7 Å². The number of H-pyrrole nitrogens is 1. The molecule has 1 saturated heterocycles. The van der Waals surface area contributed by atoms with Gasteiger partial charge in [0.15, 0.2) is 5.82 Å². The van der Waals surface area contributed by atoms with Gasteiger partial charge in [-0.05, 0) is 18.4 Å². The number of nitrogens with zero attached hydrogens (tertiary/aromatic N) is 3. The number of carbonyl (C=O) groups excluding carboxylic acids is 1. The standard InChI is InChI=1S/C19H25N5O2/c1-23(2)19(26)16(14-7-4-3-5-8-14)22-15-9-6-12-24(13-15)17-18(25)21-11-10-20-17/h3-5,7-8,10-11,15-16,22H,6,9,12-13H2,1-2H3,(H,21,25)/t15-,16-/m1/s1. The molecule has 1 aliphatic heterocycles. The van der Waals surface area contributed by atoms with E-state index in [2.05, 4.69) is 15.3 Å². The summed E-state index contributed by atoms with van der Waals surface area (Å²) in [4.78, 5) is 35.2. The number of piperidine rings is 1. The van der Waals surface area contributed by atoms with E-state index in [0.29, 0.717) is 12.4 Å². The Balaban J connectivity index is 1.77. The number of anilines is 1. The average Bonchev–Trinajstić information content (AvgIpc) is 2.67. The van der Waals surface area contributed by atoms with Gasteiger partial charge < -0.3 is 14.8 Å². The van der Waals surface area contributed by atoms with Crippen molar-refractivity contribution < 1.29 is 4.79 Å². The molecule has 1 fully saturated rings. The molecule has 1 aromatic heterocycles. The number of amides is 1. The Bertz CT molecular complexity index is 790. The summed E-state index contributed by atoms with van der Waals surface area (Å²) in [7, 11) is 3.53. The normalized spacial score (nSPS) is 18.4. The molecule has 0 bridgehead atoms. The van der Waals surface area contributed by atoms with Crippen LogP contribution in [0.5, 0.6) is 0 Å². The predicted molar refractivity (Wildman–Crippen MR) is 101 cm³/mol. The van der Waals surface area contributed by atoms with E-state index in [0.717, 1.165) is 24.9 Å². The van der Waals surface area contributed by atoms with E-state index in [-0.39, 0.29) is 17.5 Å². The van der Waals surface area contributed by atoms with Crippen molar-refractivity contribution in [2.24, 2.45) is 0 Å². The van der Waals surface area contributed by atoms with E-state index >= 15 is 0 Å². The maximum absolute atomic E-state index is 12.7. The number of carbonyl (C=O) groups is 1. The van der Waals surface area contributed by atoms with Gasteiger partial charge in [-0.3, -0.25) is 14.9 Å². The van der Waals surface area contributed by atoms with Crippen LogP contribution in [0, 0.1) is 0 Å². The van der Waals surface area contributed by atoms with Crippen molar-refractivity contribution in [3.05, 3.63) is 58.6 Å². The fourth-order valence-electron chi connectivity index (χ4n) is 3.32. The highest BCUT2D eigenvalue weighted by Crippen LogP contribution is 2.20. The summed E-state index contributed by atoms with van der Waals surface area (Å²) < 4.78 is 0. The molecular formula is C19H25N5O2. The maximum Gasteiger partial charge on any atom is 0.290 e. The second kappa shape index (κ2) is 8.14. The van der Waals surface area contributed by atoms with Gasteiger partial charge in [-0.2, -0.15) is 0 Å². The van der Waals surface area contributed by atoms with E-state index in [1.807, 2.05) is 35.2 Å². The van der Waals surface area contributed by atoms with Crippen LogP contribution in [0.1, 0.15) is 24.4 Å². The van der Waals surface area contributed by atoms with Crippen LogP contribution in [0.25, 0.3) is 0 Å². The molecule has 7 heteroatoms. The Morgan fingerprint density at radius 2 is 2.12 bits per heavy atom. The van der Waals surface area contributed by atoms with Crippen molar-refractivity contribution in [3.63, 3.8) is 0 Å². The van der Waals surface area contributed by atoms with Crippen LogP contribution in [0.4, 0.5) is 5.82 Å². The maximum atomic E-state index is 12.7. The minimum absolute atomic E-state index is 0.0176. The predicted octanol–water partition coefficient (Wildman–Crippen LogP) is 1.16. The SMILES string of the molecule is CN(C)C(=O)[C@H](N[C@@H]1CCCN(c2ncc[nH]c2=O)C1)c1ccccc1. The third-order valence-corrected chi connectivity index (χ3v) is 4.63. The fourth-order valence-corrected chi connectivity index (χ4v) is 3.32. The molecule has 26 heavy (non-hydrogen) atoms. The molecule has 3 rings (SSSR count). The summed E-state index contributed by atoms with van der Waals surface area (Å²) in [6.45, 7) is 1.43.